The summed E-state index contributed by atoms with van der Waals surface area (Å²) in [7, 11) is 0. The van der Waals surface area contributed by atoms with Gasteiger partial charge in [0.25, 0.3) is 0 Å². The lowest BCUT2D eigenvalue weighted by molar-refractivity contribution is 0.313. The Labute approximate surface area is 153 Å². The van der Waals surface area contributed by atoms with Gasteiger partial charge in [0.2, 0.25) is 0 Å². The molecule has 0 bridgehead atoms. The largest absolute Gasteiger partial charge is 0.453 e. The van der Waals surface area contributed by atoms with E-state index in [1.165, 1.54) is 0 Å². The third-order valence-electron chi connectivity index (χ3n) is 4.73. The molecule has 5 heteroatoms. The number of hydrogen-bond acceptors (Lipinski definition) is 3. The molecule has 134 valence electrons. The van der Waals surface area contributed by atoms with Crippen LogP contribution in [0.2, 0.25) is 5.02 Å². The Morgan fingerprint density at radius 1 is 1.08 bits per heavy atom. The van der Waals surface area contributed by atoms with Gasteiger partial charge in [0.1, 0.15) is 5.75 Å². The molecule has 25 heavy (non-hydrogen) atoms. The minimum absolute atomic E-state index is 0.0795. The van der Waals surface area contributed by atoms with E-state index >= 15 is 0 Å². The van der Waals surface area contributed by atoms with E-state index < -0.39 is 5.82 Å². The minimum Gasteiger partial charge on any atom is -0.453 e. The SMILES string of the molecule is NC1CCC(CNCc2ccc(Cl)c(Oc3ccccc3)c2F)CC1. The van der Waals surface area contributed by atoms with Gasteiger partial charge in [-0.1, -0.05) is 35.9 Å². The van der Waals surface area contributed by atoms with Crippen LogP contribution in [0.25, 0.3) is 0 Å². The molecule has 1 saturated carbocycles. The van der Waals surface area contributed by atoms with Gasteiger partial charge in [-0.05, 0) is 56.3 Å². The first-order valence-electron chi connectivity index (χ1n) is 8.79. The van der Waals surface area contributed by atoms with Crippen LogP contribution in [0.5, 0.6) is 11.5 Å². The first-order chi connectivity index (χ1) is 12.1. The van der Waals surface area contributed by atoms with Gasteiger partial charge in [-0.15, -0.1) is 0 Å². The highest BCUT2D eigenvalue weighted by molar-refractivity contribution is 6.32. The number of nitrogens with one attached hydrogen (secondary N) is 1. The number of hydrogen-bond donors (Lipinski definition) is 2. The summed E-state index contributed by atoms with van der Waals surface area (Å²) in [6.45, 7) is 1.33. The molecule has 0 spiro atoms. The van der Waals surface area contributed by atoms with Gasteiger partial charge in [-0.2, -0.15) is 0 Å². The second kappa shape index (κ2) is 8.65. The molecule has 0 saturated heterocycles. The molecule has 2 aromatic rings. The molecule has 0 aromatic heterocycles. The Bertz CT molecular complexity index is 688. The molecular weight excluding hydrogens is 339 g/mol. The molecule has 0 radical (unpaired) electrons. The first-order valence-corrected chi connectivity index (χ1v) is 9.17. The topological polar surface area (TPSA) is 47.3 Å². The van der Waals surface area contributed by atoms with E-state index in [0.717, 1.165) is 32.2 Å². The van der Waals surface area contributed by atoms with Crippen LogP contribution in [0.4, 0.5) is 4.39 Å². The van der Waals surface area contributed by atoms with Gasteiger partial charge in [-0.25, -0.2) is 4.39 Å². The standard InChI is InChI=1S/C20H24ClFN2O/c21-18-11-8-15(13-24-12-14-6-9-16(23)10-7-14)19(22)20(18)25-17-4-2-1-3-5-17/h1-5,8,11,14,16,24H,6-7,9-10,12-13,23H2. The van der Waals surface area contributed by atoms with Crippen LogP contribution in [-0.4, -0.2) is 12.6 Å². The molecule has 0 atom stereocenters. The summed E-state index contributed by atoms with van der Waals surface area (Å²) in [5.41, 5.74) is 6.49. The molecule has 0 heterocycles. The molecule has 2 aromatic carbocycles. The highest BCUT2D eigenvalue weighted by atomic mass is 35.5. The summed E-state index contributed by atoms with van der Waals surface area (Å²) in [6, 6.07) is 12.8. The number of nitrogens with two attached hydrogens (primary N) is 1. The smallest absolute Gasteiger partial charge is 0.181 e. The summed E-state index contributed by atoms with van der Waals surface area (Å²) in [5.74, 6) is 0.854. The summed E-state index contributed by atoms with van der Waals surface area (Å²) in [6.07, 6.45) is 4.44. The average Bonchev–Trinajstić information content (AvgIpc) is 2.63. The third-order valence-corrected chi connectivity index (χ3v) is 5.03. The summed E-state index contributed by atoms with van der Waals surface area (Å²) < 4.78 is 20.4. The van der Waals surface area contributed by atoms with E-state index in [4.69, 9.17) is 22.1 Å². The number of rotatable bonds is 6. The Morgan fingerprint density at radius 3 is 2.52 bits per heavy atom. The fraction of sp³-hybridized carbons (Fsp3) is 0.400. The van der Waals surface area contributed by atoms with Gasteiger partial charge in [-0.3, -0.25) is 0 Å². The van der Waals surface area contributed by atoms with Crippen LogP contribution in [-0.2, 0) is 6.54 Å². The number of halogens is 2. The van der Waals surface area contributed by atoms with Crippen molar-refractivity contribution in [2.75, 3.05) is 6.54 Å². The molecule has 1 aliphatic carbocycles. The van der Waals surface area contributed by atoms with Crippen molar-refractivity contribution in [3.63, 3.8) is 0 Å². The van der Waals surface area contributed by atoms with Crippen LogP contribution < -0.4 is 15.8 Å². The Kier molecular flexibility index (Phi) is 6.29. The minimum atomic E-state index is -0.408. The van der Waals surface area contributed by atoms with Crippen molar-refractivity contribution in [1.29, 1.82) is 0 Å². The van der Waals surface area contributed by atoms with Gasteiger partial charge in [0, 0.05) is 18.2 Å². The Morgan fingerprint density at radius 2 is 1.80 bits per heavy atom. The van der Waals surface area contributed by atoms with Crippen LogP contribution in [0.3, 0.4) is 0 Å². The second-order valence-electron chi connectivity index (χ2n) is 6.68. The predicted molar refractivity (Wildman–Crippen MR) is 99.6 cm³/mol. The molecule has 3 N–H and O–H groups in total. The van der Waals surface area contributed by atoms with Crippen molar-refractivity contribution in [3.8, 4) is 11.5 Å². The zero-order valence-corrected chi connectivity index (χ0v) is 14.9. The summed E-state index contributed by atoms with van der Waals surface area (Å²) in [5, 5.41) is 3.63. The van der Waals surface area contributed by atoms with E-state index in [1.54, 1.807) is 24.3 Å². The Balaban J connectivity index is 1.61. The lowest BCUT2D eigenvalue weighted by Crippen LogP contribution is -2.31. The molecule has 1 aliphatic rings. The van der Waals surface area contributed by atoms with Crippen molar-refractivity contribution < 1.29 is 9.13 Å². The second-order valence-corrected chi connectivity index (χ2v) is 7.08. The zero-order chi connectivity index (χ0) is 17.6. The van der Waals surface area contributed by atoms with Gasteiger partial charge in [0.05, 0.1) is 5.02 Å². The summed E-state index contributed by atoms with van der Waals surface area (Å²) in [4.78, 5) is 0. The quantitative estimate of drug-likeness (QED) is 0.770. The third kappa shape index (κ3) is 4.94. The van der Waals surface area contributed by atoms with Crippen molar-refractivity contribution in [3.05, 3.63) is 58.9 Å². The zero-order valence-electron chi connectivity index (χ0n) is 14.2. The highest BCUT2D eigenvalue weighted by Crippen LogP contribution is 2.34. The predicted octanol–water partition coefficient (Wildman–Crippen LogP) is 4.88. The monoisotopic (exact) mass is 362 g/mol. The van der Waals surface area contributed by atoms with E-state index in [0.29, 0.717) is 29.8 Å². The average molecular weight is 363 g/mol. The fourth-order valence-corrected chi connectivity index (χ4v) is 3.40. The van der Waals surface area contributed by atoms with Crippen LogP contribution in [0.1, 0.15) is 31.2 Å². The Hall–Kier alpha value is -1.62. The van der Waals surface area contributed by atoms with Crippen molar-refractivity contribution in [2.24, 2.45) is 11.7 Å². The lowest BCUT2D eigenvalue weighted by atomic mass is 9.86. The van der Waals surface area contributed by atoms with Gasteiger partial charge >= 0.3 is 0 Å². The van der Waals surface area contributed by atoms with Crippen molar-refractivity contribution >= 4 is 11.6 Å². The van der Waals surface area contributed by atoms with E-state index in [-0.39, 0.29) is 10.8 Å². The highest BCUT2D eigenvalue weighted by Gasteiger charge is 2.19. The summed E-state index contributed by atoms with van der Waals surface area (Å²) >= 11 is 6.12. The lowest BCUT2D eigenvalue weighted by Gasteiger charge is -2.26. The molecule has 3 rings (SSSR count). The molecule has 0 amide bonds. The van der Waals surface area contributed by atoms with Gasteiger partial charge in [0.15, 0.2) is 11.6 Å². The fourth-order valence-electron chi connectivity index (χ4n) is 3.21. The van der Waals surface area contributed by atoms with Crippen LogP contribution in [0, 0.1) is 11.7 Å². The number of ether oxygens (including phenoxy) is 1. The van der Waals surface area contributed by atoms with E-state index in [2.05, 4.69) is 5.32 Å². The van der Waals surface area contributed by atoms with Crippen molar-refractivity contribution in [2.45, 2.75) is 38.3 Å². The first kappa shape index (κ1) is 18.2. The van der Waals surface area contributed by atoms with E-state index in [9.17, 15) is 4.39 Å². The van der Waals surface area contributed by atoms with Crippen LogP contribution in [0.15, 0.2) is 42.5 Å². The molecule has 3 nitrogen and oxygen atoms in total. The van der Waals surface area contributed by atoms with E-state index in [1.807, 2.05) is 18.2 Å². The van der Waals surface area contributed by atoms with Gasteiger partial charge < -0.3 is 15.8 Å². The maximum absolute atomic E-state index is 14.8. The molecule has 1 fully saturated rings. The van der Waals surface area contributed by atoms with Crippen molar-refractivity contribution in [1.82, 2.24) is 5.32 Å². The molecule has 0 unspecified atom stereocenters. The molecule has 0 aliphatic heterocycles. The van der Waals surface area contributed by atoms with Crippen LogP contribution >= 0.6 is 11.6 Å². The maximum Gasteiger partial charge on any atom is 0.181 e. The molecular formula is C20H24ClFN2O. The number of benzene rings is 2. The maximum atomic E-state index is 14.8. The number of para-hydroxylation sites is 1. The normalized spacial score (nSPS) is 20.4.